The van der Waals surface area contributed by atoms with Gasteiger partial charge in [0.25, 0.3) is 0 Å². The van der Waals surface area contributed by atoms with Crippen LogP contribution < -0.4 is 0 Å². The van der Waals surface area contributed by atoms with Gasteiger partial charge in [-0.05, 0) is 12.8 Å². The summed E-state index contributed by atoms with van der Waals surface area (Å²) in [4.78, 5) is 0. The number of sulfone groups is 1. The summed E-state index contributed by atoms with van der Waals surface area (Å²) >= 11 is 0. The van der Waals surface area contributed by atoms with Crippen LogP contribution in [0.25, 0.3) is 0 Å². The average molecular weight is 208 g/mol. The zero-order valence-electron chi connectivity index (χ0n) is 7.77. The zero-order valence-corrected chi connectivity index (χ0v) is 8.59. The molecule has 1 heterocycles. The van der Waals surface area contributed by atoms with Gasteiger partial charge in [0.15, 0.2) is 0 Å². The third-order valence-corrected chi connectivity index (χ3v) is 3.28. The molecular formula is C8H16O4S. The first-order chi connectivity index (χ1) is 5.99. The van der Waals surface area contributed by atoms with Crippen molar-refractivity contribution in [2.45, 2.75) is 18.9 Å². The number of aliphatic hydroxyl groups excluding tert-OH is 1. The van der Waals surface area contributed by atoms with E-state index in [9.17, 15) is 13.5 Å². The van der Waals surface area contributed by atoms with Crippen LogP contribution in [-0.4, -0.2) is 44.9 Å². The fourth-order valence-corrected chi connectivity index (χ4v) is 2.16. The van der Waals surface area contributed by atoms with Crippen LogP contribution in [-0.2, 0) is 14.6 Å². The van der Waals surface area contributed by atoms with Gasteiger partial charge in [0.2, 0.25) is 0 Å². The lowest BCUT2D eigenvalue weighted by atomic mass is 10.0. The summed E-state index contributed by atoms with van der Waals surface area (Å²) in [6.07, 6.45) is 2.17. The second kappa shape index (κ2) is 4.39. The Balaban J connectivity index is 2.19. The van der Waals surface area contributed by atoms with E-state index in [4.69, 9.17) is 4.74 Å². The Kier molecular flexibility index (Phi) is 3.70. The van der Waals surface area contributed by atoms with E-state index in [1.807, 2.05) is 0 Å². The highest BCUT2D eigenvalue weighted by Crippen LogP contribution is 2.18. The first kappa shape index (κ1) is 10.9. The molecule has 0 aliphatic carbocycles. The van der Waals surface area contributed by atoms with Crippen LogP contribution in [0.3, 0.4) is 0 Å². The summed E-state index contributed by atoms with van der Waals surface area (Å²) in [5, 5.41) is 9.34. The van der Waals surface area contributed by atoms with E-state index in [1.165, 1.54) is 6.26 Å². The lowest BCUT2D eigenvalue weighted by Gasteiger charge is -2.10. The number of hydrogen-bond donors (Lipinski definition) is 1. The number of rotatable bonds is 4. The topological polar surface area (TPSA) is 63.6 Å². The Labute approximate surface area is 78.8 Å². The van der Waals surface area contributed by atoms with Gasteiger partial charge < -0.3 is 9.84 Å². The molecule has 1 saturated heterocycles. The molecule has 1 rings (SSSR count). The first-order valence-corrected chi connectivity index (χ1v) is 6.48. The van der Waals surface area contributed by atoms with E-state index in [2.05, 4.69) is 0 Å². The summed E-state index contributed by atoms with van der Waals surface area (Å²) in [7, 11) is -2.86. The highest BCUT2D eigenvalue weighted by atomic mass is 32.2. The van der Waals surface area contributed by atoms with Crippen LogP contribution in [0, 0.1) is 5.92 Å². The maximum Gasteiger partial charge on any atom is 0.147 e. The largest absolute Gasteiger partial charge is 0.390 e. The molecular weight excluding hydrogens is 192 g/mol. The second-order valence-corrected chi connectivity index (χ2v) is 5.90. The Bertz CT molecular complexity index is 247. The Hall–Kier alpha value is -0.130. The van der Waals surface area contributed by atoms with Gasteiger partial charge in [0.05, 0.1) is 19.3 Å². The lowest BCUT2D eigenvalue weighted by Crippen LogP contribution is -2.18. The van der Waals surface area contributed by atoms with Gasteiger partial charge in [-0.2, -0.15) is 0 Å². The van der Waals surface area contributed by atoms with Crippen molar-refractivity contribution < 1.29 is 18.3 Å². The summed E-state index contributed by atoms with van der Waals surface area (Å²) < 4.78 is 26.6. The van der Waals surface area contributed by atoms with E-state index in [0.29, 0.717) is 19.6 Å². The van der Waals surface area contributed by atoms with Crippen molar-refractivity contribution in [2.24, 2.45) is 5.92 Å². The van der Waals surface area contributed by atoms with Gasteiger partial charge in [-0.15, -0.1) is 0 Å². The van der Waals surface area contributed by atoms with Gasteiger partial charge in [0.1, 0.15) is 9.84 Å². The molecule has 1 N–H and O–H groups in total. The van der Waals surface area contributed by atoms with Crippen molar-refractivity contribution in [1.29, 1.82) is 0 Å². The molecule has 0 bridgehead atoms. The molecule has 4 nitrogen and oxygen atoms in total. The van der Waals surface area contributed by atoms with Crippen molar-refractivity contribution in [1.82, 2.24) is 0 Å². The minimum absolute atomic E-state index is 0.127. The molecule has 0 radical (unpaired) electrons. The van der Waals surface area contributed by atoms with E-state index in [1.54, 1.807) is 0 Å². The lowest BCUT2D eigenvalue weighted by molar-refractivity contribution is 0.117. The molecule has 78 valence electrons. The molecule has 0 spiro atoms. The molecule has 2 atom stereocenters. The van der Waals surface area contributed by atoms with Crippen LogP contribution in [0.2, 0.25) is 0 Å². The van der Waals surface area contributed by atoms with Crippen LogP contribution >= 0.6 is 0 Å². The van der Waals surface area contributed by atoms with Crippen molar-refractivity contribution in [3.63, 3.8) is 0 Å². The molecule has 0 aromatic heterocycles. The van der Waals surface area contributed by atoms with E-state index in [0.717, 1.165) is 6.42 Å². The third-order valence-electron chi connectivity index (χ3n) is 2.25. The van der Waals surface area contributed by atoms with E-state index < -0.39 is 15.9 Å². The monoisotopic (exact) mass is 208 g/mol. The third kappa shape index (κ3) is 4.06. The van der Waals surface area contributed by atoms with Crippen LogP contribution in [0.5, 0.6) is 0 Å². The number of aliphatic hydroxyl groups is 1. The quantitative estimate of drug-likeness (QED) is 0.696. The molecule has 1 aliphatic heterocycles. The molecule has 0 amide bonds. The SMILES string of the molecule is CS(=O)(=O)CCC[C@@H]1COC[C@H]1O. The van der Waals surface area contributed by atoms with Gasteiger partial charge in [-0.1, -0.05) is 0 Å². The predicted octanol–water partition coefficient (Wildman–Crippen LogP) is -0.181. The molecule has 5 heteroatoms. The molecule has 0 aromatic carbocycles. The first-order valence-electron chi connectivity index (χ1n) is 4.42. The van der Waals surface area contributed by atoms with Gasteiger partial charge in [0, 0.05) is 17.9 Å². The summed E-state index contributed by atoms with van der Waals surface area (Å²) in [6.45, 7) is 0.953. The Morgan fingerprint density at radius 1 is 1.46 bits per heavy atom. The number of ether oxygens (including phenoxy) is 1. The smallest absolute Gasteiger partial charge is 0.147 e. The van der Waals surface area contributed by atoms with Gasteiger partial charge >= 0.3 is 0 Å². The Morgan fingerprint density at radius 2 is 2.15 bits per heavy atom. The molecule has 13 heavy (non-hydrogen) atoms. The minimum Gasteiger partial charge on any atom is -0.390 e. The maximum absolute atomic E-state index is 10.8. The molecule has 1 fully saturated rings. The fourth-order valence-electron chi connectivity index (χ4n) is 1.47. The zero-order chi connectivity index (χ0) is 9.90. The van der Waals surface area contributed by atoms with Crippen LogP contribution in [0.1, 0.15) is 12.8 Å². The second-order valence-electron chi connectivity index (χ2n) is 3.64. The fraction of sp³-hybridized carbons (Fsp3) is 1.00. The van der Waals surface area contributed by atoms with Crippen molar-refractivity contribution in [3.05, 3.63) is 0 Å². The average Bonchev–Trinajstić information content (AvgIpc) is 2.34. The van der Waals surface area contributed by atoms with Crippen molar-refractivity contribution in [3.8, 4) is 0 Å². The normalized spacial score (nSPS) is 29.4. The van der Waals surface area contributed by atoms with Crippen LogP contribution in [0.15, 0.2) is 0 Å². The van der Waals surface area contributed by atoms with Gasteiger partial charge in [-0.25, -0.2) is 8.42 Å². The highest BCUT2D eigenvalue weighted by Gasteiger charge is 2.25. The van der Waals surface area contributed by atoms with Crippen LogP contribution in [0.4, 0.5) is 0 Å². The Morgan fingerprint density at radius 3 is 2.62 bits per heavy atom. The minimum atomic E-state index is -2.86. The standard InChI is InChI=1S/C8H16O4S/c1-13(10,11)4-2-3-7-5-12-6-8(7)9/h7-9H,2-6H2,1H3/t7-,8-/m1/s1. The van der Waals surface area contributed by atoms with Gasteiger partial charge in [-0.3, -0.25) is 0 Å². The predicted molar refractivity (Wildman–Crippen MR) is 49.3 cm³/mol. The summed E-state index contributed by atoms with van der Waals surface area (Å²) in [5.74, 6) is 0.331. The van der Waals surface area contributed by atoms with Crippen molar-refractivity contribution >= 4 is 9.84 Å². The van der Waals surface area contributed by atoms with Crippen molar-refractivity contribution in [2.75, 3.05) is 25.2 Å². The maximum atomic E-state index is 10.8. The van der Waals surface area contributed by atoms with E-state index >= 15 is 0 Å². The summed E-state index contributed by atoms with van der Waals surface area (Å²) in [5.41, 5.74) is 0. The summed E-state index contributed by atoms with van der Waals surface area (Å²) in [6, 6.07) is 0. The molecule has 0 saturated carbocycles. The molecule has 0 aromatic rings. The molecule has 0 unspecified atom stereocenters. The number of hydrogen-bond acceptors (Lipinski definition) is 4. The molecule has 1 aliphatic rings. The van der Waals surface area contributed by atoms with E-state index in [-0.39, 0.29) is 11.7 Å². The highest BCUT2D eigenvalue weighted by molar-refractivity contribution is 7.90.